The van der Waals surface area contributed by atoms with Crippen LogP contribution in [0.3, 0.4) is 0 Å². The summed E-state index contributed by atoms with van der Waals surface area (Å²) in [5.41, 5.74) is 0. The van der Waals surface area contributed by atoms with Crippen molar-refractivity contribution in [3.05, 3.63) is 50.6 Å². The molecule has 1 N–H and O–H groups in total. The zero-order valence-corrected chi connectivity index (χ0v) is 13.1. The van der Waals surface area contributed by atoms with Gasteiger partial charge in [-0.15, -0.1) is 11.3 Å². The van der Waals surface area contributed by atoms with E-state index in [1.165, 1.54) is 0 Å². The molecule has 0 aliphatic rings. The molecule has 6 heteroatoms. The molecule has 0 bridgehead atoms. The molecule has 3 nitrogen and oxygen atoms in total. The zero-order valence-electron chi connectivity index (χ0n) is 10.7. The van der Waals surface area contributed by atoms with Gasteiger partial charge in [-0.25, -0.2) is 0 Å². The van der Waals surface area contributed by atoms with Crippen LogP contribution in [0.4, 0.5) is 0 Å². The lowest BCUT2D eigenvalue weighted by Gasteiger charge is -2.15. The van der Waals surface area contributed by atoms with Gasteiger partial charge in [0.1, 0.15) is 10.8 Å². The number of carbonyl (C=O) groups excluding carboxylic acids is 1. The molecule has 106 valence electrons. The van der Waals surface area contributed by atoms with Crippen LogP contribution in [0.1, 0.15) is 11.8 Å². The topological polar surface area (TPSA) is 38.3 Å². The number of benzene rings is 1. The van der Waals surface area contributed by atoms with Crippen LogP contribution < -0.4 is 10.1 Å². The van der Waals surface area contributed by atoms with E-state index < -0.39 is 6.10 Å². The summed E-state index contributed by atoms with van der Waals surface area (Å²) in [5, 5.41) is 5.49. The quantitative estimate of drug-likeness (QED) is 0.895. The van der Waals surface area contributed by atoms with Crippen LogP contribution in [-0.2, 0) is 11.3 Å². The fraction of sp³-hybridized carbons (Fsp3) is 0.214. The Morgan fingerprint density at radius 1 is 1.35 bits per heavy atom. The van der Waals surface area contributed by atoms with Crippen molar-refractivity contribution < 1.29 is 9.53 Å². The number of halogens is 2. The average molecular weight is 330 g/mol. The molecule has 2 rings (SSSR count). The predicted octanol–water partition coefficient (Wildman–Crippen LogP) is 4.14. The molecule has 1 amide bonds. The van der Waals surface area contributed by atoms with Crippen molar-refractivity contribution in [2.45, 2.75) is 19.6 Å². The molecule has 20 heavy (non-hydrogen) atoms. The molecule has 0 aliphatic heterocycles. The first-order valence-electron chi connectivity index (χ1n) is 5.98. The van der Waals surface area contributed by atoms with Gasteiger partial charge in [0, 0.05) is 4.88 Å². The number of nitrogens with one attached hydrogen (secondary N) is 1. The summed E-state index contributed by atoms with van der Waals surface area (Å²) in [6.45, 7) is 2.16. The van der Waals surface area contributed by atoms with Crippen LogP contribution in [0.2, 0.25) is 10.0 Å². The van der Waals surface area contributed by atoms with Crippen LogP contribution in [0.25, 0.3) is 0 Å². The molecule has 0 spiro atoms. The SMILES string of the molecule is C[C@H](Oc1cccc(Cl)c1Cl)C(=O)NCc1cccs1. The minimum Gasteiger partial charge on any atom is -0.479 e. The molecule has 1 aromatic heterocycles. The molecule has 1 atom stereocenters. The first-order valence-corrected chi connectivity index (χ1v) is 7.62. The molecule has 0 saturated heterocycles. The Balaban J connectivity index is 1.92. The van der Waals surface area contributed by atoms with E-state index in [2.05, 4.69) is 5.32 Å². The Bertz CT molecular complexity index is 587. The standard InChI is InChI=1S/C14H13Cl2NO2S/c1-9(14(18)17-8-10-4-3-7-20-10)19-12-6-2-5-11(15)13(12)16/h2-7,9H,8H2,1H3,(H,17,18)/t9-/m0/s1. The van der Waals surface area contributed by atoms with Crippen LogP contribution in [0.15, 0.2) is 35.7 Å². The minimum absolute atomic E-state index is 0.200. The summed E-state index contributed by atoms with van der Waals surface area (Å²) in [5.74, 6) is 0.201. The highest BCUT2D eigenvalue weighted by atomic mass is 35.5. The van der Waals surface area contributed by atoms with E-state index in [1.807, 2.05) is 17.5 Å². The van der Waals surface area contributed by atoms with Crippen LogP contribution in [0.5, 0.6) is 5.75 Å². The van der Waals surface area contributed by atoms with Crippen molar-refractivity contribution in [2.24, 2.45) is 0 Å². The summed E-state index contributed by atoms with van der Waals surface area (Å²) in [6, 6.07) is 8.97. The molecular formula is C14H13Cl2NO2S. The third-order valence-corrected chi connectivity index (χ3v) is 4.28. The molecule has 1 aromatic carbocycles. The van der Waals surface area contributed by atoms with Gasteiger partial charge in [0.15, 0.2) is 6.10 Å². The maximum Gasteiger partial charge on any atom is 0.261 e. The first kappa shape index (κ1) is 15.2. The van der Waals surface area contributed by atoms with Crippen molar-refractivity contribution in [1.29, 1.82) is 0 Å². The third kappa shape index (κ3) is 3.88. The van der Waals surface area contributed by atoms with Gasteiger partial charge in [0.2, 0.25) is 0 Å². The van der Waals surface area contributed by atoms with Crippen LogP contribution in [-0.4, -0.2) is 12.0 Å². The molecule has 0 saturated carbocycles. The molecule has 0 aliphatic carbocycles. The summed E-state index contributed by atoms with van der Waals surface area (Å²) < 4.78 is 5.53. The fourth-order valence-electron chi connectivity index (χ4n) is 1.55. The Morgan fingerprint density at radius 3 is 2.85 bits per heavy atom. The van der Waals surface area contributed by atoms with E-state index in [-0.39, 0.29) is 5.91 Å². The van der Waals surface area contributed by atoms with Gasteiger partial charge in [0.25, 0.3) is 5.91 Å². The van der Waals surface area contributed by atoms with Crippen LogP contribution in [0, 0.1) is 0 Å². The van der Waals surface area contributed by atoms with E-state index in [0.717, 1.165) is 4.88 Å². The van der Waals surface area contributed by atoms with Gasteiger partial charge < -0.3 is 10.1 Å². The number of rotatable bonds is 5. The Morgan fingerprint density at radius 2 is 2.15 bits per heavy atom. The number of carbonyl (C=O) groups is 1. The second kappa shape index (κ2) is 6.97. The molecule has 1 heterocycles. The highest BCUT2D eigenvalue weighted by molar-refractivity contribution is 7.09. The summed E-state index contributed by atoms with van der Waals surface area (Å²) in [7, 11) is 0. The third-order valence-electron chi connectivity index (χ3n) is 2.61. The van der Waals surface area contributed by atoms with E-state index in [0.29, 0.717) is 22.3 Å². The van der Waals surface area contributed by atoms with Crippen molar-refractivity contribution in [2.75, 3.05) is 0 Å². The summed E-state index contributed by atoms with van der Waals surface area (Å²) >= 11 is 13.5. The number of hydrogen-bond acceptors (Lipinski definition) is 3. The van der Waals surface area contributed by atoms with Crippen molar-refractivity contribution in [3.8, 4) is 5.75 Å². The molecular weight excluding hydrogens is 317 g/mol. The summed E-state index contributed by atoms with van der Waals surface area (Å²) in [6.07, 6.45) is -0.647. The maximum atomic E-state index is 11.9. The first-order chi connectivity index (χ1) is 9.58. The number of hydrogen-bond donors (Lipinski definition) is 1. The van der Waals surface area contributed by atoms with Crippen LogP contribution >= 0.6 is 34.5 Å². The molecule has 0 fully saturated rings. The maximum absolute atomic E-state index is 11.9. The predicted molar refractivity (Wildman–Crippen MR) is 82.7 cm³/mol. The highest BCUT2D eigenvalue weighted by Crippen LogP contribution is 2.32. The molecule has 0 radical (unpaired) electrons. The lowest BCUT2D eigenvalue weighted by atomic mass is 10.3. The lowest BCUT2D eigenvalue weighted by Crippen LogP contribution is -2.35. The van der Waals surface area contributed by atoms with Gasteiger partial charge in [-0.05, 0) is 30.5 Å². The largest absolute Gasteiger partial charge is 0.479 e. The summed E-state index contributed by atoms with van der Waals surface area (Å²) in [4.78, 5) is 13.0. The van der Waals surface area contributed by atoms with E-state index in [1.54, 1.807) is 36.5 Å². The van der Waals surface area contributed by atoms with E-state index in [9.17, 15) is 4.79 Å². The average Bonchev–Trinajstić information content (AvgIpc) is 2.94. The normalized spacial score (nSPS) is 11.9. The van der Waals surface area contributed by atoms with Gasteiger partial charge in [0.05, 0.1) is 11.6 Å². The number of ether oxygens (including phenoxy) is 1. The Kier molecular flexibility index (Phi) is 5.29. The van der Waals surface area contributed by atoms with Crippen molar-refractivity contribution in [3.63, 3.8) is 0 Å². The fourth-order valence-corrected chi connectivity index (χ4v) is 2.53. The lowest BCUT2D eigenvalue weighted by molar-refractivity contribution is -0.127. The highest BCUT2D eigenvalue weighted by Gasteiger charge is 2.16. The van der Waals surface area contributed by atoms with Gasteiger partial charge >= 0.3 is 0 Å². The van der Waals surface area contributed by atoms with Gasteiger partial charge in [-0.1, -0.05) is 35.3 Å². The monoisotopic (exact) mass is 329 g/mol. The Hall–Kier alpha value is -1.23. The Labute approximate surface area is 131 Å². The van der Waals surface area contributed by atoms with Gasteiger partial charge in [-0.3, -0.25) is 4.79 Å². The van der Waals surface area contributed by atoms with Gasteiger partial charge in [-0.2, -0.15) is 0 Å². The second-order valence-corrected chi connectivity index (χ2v) is 5.93. The smallest absolute Gasteiger partial charge is 0.261 e. The van der Waals surface area contributed by atoms with E-state index in [4.69, 9.17) is 27.9 Å². The zero-order chi connectivity index (χ0) is 14.5. The molecule has 0 unspecified atom stereocenters. The van der Waals surface area contributed by atoms with Crippen molar-refractivity contribution in [1.82, 2.24) is 5.32 Å². The number of amides is 1. The van der Waals surface area contributed by atoms with Crippen molar-refractivity contribution >= 4 is 40.4 Å². The molecule has 2 aromatic rings. The second-order valence-electron chi connectivity index (χ2n) is 4.11. The number of thiophene rings is 1. The minimum atomic E-state index is -0.647. The van der Waals surface area contributed by atoms with E-state index >= 15 is 0 Å².